The second kappa shape index (κ2) is 7.84. The number of aromatic nitrogens is 4. The van der Waals surface area contributed by atoms with Gasteiger partial charge in [-0.1, -0.05) is 32.1 Å². The van der Waals surface area contributed by atoms with Crippen molar-refractivity contribution in [3.05, 3.63) is 30.6 Å². The van der Waals surface area contributed by atoms with Crippen molar-refractivity contribution >= 4 is 23.1 Å². The van der Waals surface area contributed by atoms with Crippen LogP contribution in [0.3, 0.4) is 0 Å². The summed E-state index contributed by atoms with van der Waals surface area (Å²) in [6.07, 6.45) is 10.8. The quantitative estimate of drug-likeness (QED) is 0.600. The molecule has 1 aliphatic rings. The van der Waals surface area contributed by atoms with E-state index in [-0.39, 0.29) is 17.6 Å². The molecule has 4 N–H and O–H groups in total. The first-order chi connectivity index (χ1) is 13.6. The molecule has 3 aromatic rings. The molecule has 28 heavy (non-hydrogen) atoms. The van der Waals surface area contributed by atoms with E-state index in [9.17, 15) is 9.90 Å². The summed E-state index contributed by atoms with van der Waals surface area (Å²) in [5.41, 5.74) is 7.24. The van der Waals surface area contributed by atoms with Crippen molar-refractivity contribution < 1.29 is 9.90 Å². The molecule has 1 amide bonds. The number of rotatable bonds is 3. The van der Waals surface area contributed by atoms with Gasteiger partial charge in [0.2, 0.25) is 5.91 Å². The number of phenols is 1. The number of anilines is 2. The number of hydrogen-bond acceptors (Lipinski definition) is 6. The van der Waals surface area contributed by atoms with Gasteiger partial charge in [0.1, 0.15) is 5.75 Å². The van der Waals surface area contributed by atoms with E-state index >= 15 is 0 Å². The van der Waals surface area contributed by atoms with Gasteiger partial charge in [0.25, 0.3) is 5.78 Å². The van der Waals surface area contributed by atoms with Crippen molar-refractivity contribution in [2.24, 2.45) is 5.92 Å². The molecule has 0 aliphatic heterocycles. The first-order valence-electron chi connectivity index (χ1n) is 9.72. The van der Waals surface area contributed by atoms with Gasteiger partial charge < -0.3 is 16.2 Å². The largest absolute Gasteiger partial charge is 0.507 e. The van der Waals surface area contributed by atoms with Crippen LogP contribution in [0, 0.1) is 5.92 Å². The number of aromatic hydroxyl groups is 1. The van der Waals surface area contributed by atoms with E-state index in [1.54, 1.807) is 18.3 Å². The fourth-order valence-electron chi connectivity index (χ4n) is 3.67. The van der Waals surface area contributed by atoms with Gasteiger partial charge in [-0.15, -0.1) is 5.10 Å². The van der Waals surface area contributed by atoms with Gasteiger partial charge in [0, 0.05) is 11.6 Å². The zero-order valence-electron chi connectivity index (χ0n) is 15.6. The first kappa shape index (κ1) is 18.2. The minimum absolute atomic E-state index is 0.0350. The van der Waals surface area contributed by atoms with Crippen LogP contribution in [0.2, 0.25) is 0 Å². The lowest BCUT2D eigenvalue weighted by Gasteiger charge is -2.19. The SMILES string of the molecule is Nc1cnc2nc(-c3cc(NC(=O)C4CCCCCCC4)ccc3O)nn2c1. The van der Waals surface area contributed by atoms with Crippen LogP contribution in [-0.4, -0.2) is 30.6 Å². The number of nitrogen functional groups attached to an aromatic ring is 1. The fourth-order valence-corrected chi connectivity index (χ4v) is 3.67. The van der Waals surface area contributed by atoms with E-state index in [2.05, 4.69) is 20.4 Å². The number of amides is 1. The van der Waals surface area contributed by atoms with Gasteiger partial charge in [-0.3, -0.25) is 4.79 Å². The van der Waals surface area contributed by atoms with Gasteiger partial charge in [0.05, 0.1) is 23.6 Å². The number of fused-ring (bicyclic) bond motifs is 1. The highest BCUT2D eigenvalue weighted by atomic mass is 16.3. The maximum Gasteiger partial charge on any atom is 0.252 e. The van der Waals surface area contributed by atoms with E-state index in [1.165, 1.54) is 36.0 Å². The summed E-state index contributed by atoms with van der Waals surface area (Å²) in [7, 11) is 0. The molecule has 4 rings (SSSR count). The number of benzene rings is 1. The van der Waals surface area contributed by atoms with E-state index in [0.29, 0.717) is 28.5 Å². The first-order valence-corrected chi connectivity index (χ1v) is 9.72. The highest BCUT2D eigenvalue weighted by molar-refractivity contribution is 5.93. The standard InChI is InChI=1S/C20H24N6O2/c21-14-11-22-20-24-18(25-26(20)12-14)16-10-15(8-9-17(16)27)23-19(28)13-6-4-2-1-3-5-7-13/h8-13,27H,1-7,21H2,(H,23,28). The van der Waals surface area contributed by atoms with Crippen molar-refractivity contribution in [3.63, 3.8) is 0 Å². The minimum Gasteiger partial charge on any atom is -0.507 e. The summed E-state index contributed by atoms with van der Waals surface area (Å²) < 4.78 is 1.46. The molecule has 0 unspecified atom stereocenters. The number of carbonyl (C=O) groups excluding carboxylic acids is 1. The lowest BCUT2D eigenvalue weighted by atomic mass is 9.90. The number of hydrogen-bond donors (Lipinski definition) is 3. The summed E-state index contributed by atoms with van der Waals surface area (Å²) in [6.45, 7) is 0. The third-order valence-electron chi connectivity index (χ3n) is 5.19. The van der Waals surface area contributed by atoms with Crippen molar-refractivity contribution in [1.82, 2.24) is 19.6 Å². The van der Waals surface area contributed by atoms with Crippen LogP contribution in [0.25, 0.3) is 17.2 Å². The molecule has 0 radical (unpaired) electrons. The maximum absolute atomic E-state index is 12.7. The van der Waals surface area contributed by atoms with Crippen LogP contribution < -0.4 is 11.1 Å². The summed E-state index contributed by atoms with van der Waals surface area (Å²) in [5, 5.41) is 17.6. The molecule has 8 heteroatoms. The Kier molecular flexibility index (Phi) is 5.10. The van der Waals surface area contributed by atoms with E-state index in [0.717, 1.165) is 25.7 Å². The van der Waals surface area contributed by atoms with Gasteiger partial charge >= 0.3 is 0 Å². The van der Waals surface area contributed by atoms with Crippen LogP contribution in [0.4, 0.5) is 11.4 Å². The van der Waals surface area contributed by atoms with Crippen LogP contribution in [0.15, 0.2) is 30.6 Å². The molecule has 0 saturated heterocycles. The molecule has 2 heterocycles. The Balaban J connectivity index is 1.56. The second-order valence-corrected chi connectivity index (χ2v) is 7.33. The molecule has 2 aromatic heterocycles. The Morgan fingerprint density at radius 3 is 2.71 bits per heavy atom. The summed E-state index contributed by atoms with van der Waals surface area (Å²) in [5.74, 6) is 0.812. The van der Waals surface area contributed by atoms with Gasteiger partial charge in [-0.25, -0.2) is 9.50 Å². The number of nitrogens with zero attached hydrogens (tertiary/aromatic N) is 4. The molecule has 1 saturated carbocycles. The third kappa shape index (κ3) is 3.90. The summed E-state index contributed by atoms with van der Waals surface area (Å²) in [4.78, 5) is 21.2. The summed E-state index contributed by atoms with van der Waals surface area (Å²) >= 11 is 0. The topological polar surface area (TPSA) is 118 Å². The minimum atomic E-state index is 0.0350. The number of carbonyl (C=O) groups is 1. The van der Waals surface area contributed by atoms with Crippen molar-refractivity contribution in [3.8, 4) is 17.1 Å². The third-order valence-corrected chi connectivity index (χ3v) is 5.19. The molecule has 0 bridgehead atoms. The Morgan fingerprint density at radius 2 is 1.93 bits per heavy atom. The molecular formula is C20H24N6O2. The average molecular weight is 380 g/mol. The maximum atomic E-state index is 12.7. The lowest BCUT2D eigenvalue weighted by Crippen LogP contribution is -2.23. The Bertz CT molecular complexity index is 992. The van der Waals surface area contributed by atoms with Crippen LogP contribution in [0.5, 0.6) is 5.75 Å². The van der Waals surface area contributed by atoms with Gasteiger partial charge in [-0.2, -0.15) is 4.98 Å². The molecule has 0 atom stereocenters. The highest BCUT2D eigenvalue weighted by Gasteiger charge is 2.20. The van der Waals surface area contributed by atoms with Crippen LogP contribution >= 0.6 is 0 Å². The molecule has 1 aliphatic carbocycles. The van der Waals surface area contributed by atoms with Crippen LogP contribution in [0.1, 0.15) is 44.9 Å². The molecule has 146 valence electrons. The van der Waals surface area contributed by atoms with E-state index < -0.39 is 0 Å². The van der Waals surface area contributed by atoms with Crippen LogP contribution in [-0.2, 0) is 4.79 Å². The second-order valence-electron chi connectivity index (χ2n) is 7.33. The van der Waals surface area contributed by atoms with E-state index in [1.807, 2.05) is 0 Å². The Morgan fingerprint density at radius 1 is 1.18 bits per heavy atom. The lowest BCUT2D eigenvalue weighted by molar-refractivity contribution is -0.120. The van der Waals surface area contributed by atoms with Crippen molar-refractivity contribution in [1.29, 1.82) is 0 Å². The fraction of sp³-hybridized carbons (Fsp3) is 0.400. The predicted octanol–water partition coefficient (Wildman–Crippen LogP) is 3.38. The molecule has 1 fully saturated rings. The molecule has 8 nitrogen and oxygen atoms in total. The smallest absolute Gasteiger partial charge is 0.252 e. The van der Waals surface area contributed by atoms with Gasteiger partial charge in [-0.05, 0) is 31.0 Å². The number of phenolic OH excluding ortho intramolecular Hbond substituents is 1. The molecule has 0 spiro atoms. The Labute approximate surface area is 162 Å². The summed E-state index contributed by atoms with van der Waals surface area (Å²) in [6, 6.07) is 4.91. The molecule has 1 aromatic carbocycles. The molecular weight excluding hydrogens is 356 g/mol. The van der Waals surface area contributed by atoms with Gasteiger partial charge in [0.15, 0.2) is 5.82 Å². The monoisotopic (exact) mass is 380 g/mol. The normalized spacial score (nSPS) is 15.9. The zero-order valence-corrected chi connectivity index (χ0v) is 15.6. The van der Waals surface area contributed by atoms with E-state index in [4.69, 9.17) is 5.73 Å². The zero-order chi connectivity index (χ0) is 19.5. The number of nitrogens with two attached hydrogens (primary N) is 1. The Hall–Kier alpha value is -3.16. The highest BCUT2D eigenvalue weighted by Crippen LogP contribution is 2.31. The number of nitrogens with one attached hydrogen (secondary N) is 1. The van der Waals surface area contributed by atoms with Crippen molar-refractivity contribution in [2.45, 2.75) is 44.9 Å². The predicted molar refractivity (Wildman–Crippen MR) is 107 cm³/mol. The van der Waals surface area contributed by atoms with Crippen molar-refractivity contribution in [2.75, 3.05) is 11.1 Å². The average Bonchev–Trinajstić information content (AvgIpc) is 3.05.